The van der Waals surface area contributed by atoms with Crippen molar-refractivity contribution >= 4 is 17.7 Å². The molecule has 1 aliphatic heterocycles. The third-order valence-corrected chi connectivity index (χ3v) is 5.26. The van der Waals surface area contributed by atoms with Gasteiger partial charge < -0.3 is 5.11 Å². The maximum Gasteiger partial charge on any atom is 0.304 e. The highest BCUT2D eigenvalue weighted by molar-refractivity contribution is 7.99. The van der Waals surface area contributed by atoms with Crippen LogP contribution in [0.3, 0.4) is 0 Å². The summed E-state index contributed by atoms with van der Waals surface area (Å²) in [6, 6.07) is 0.328. The summed E-state index contributed by atoms with van der Waals surface area (Å²) in [4.78, 5) is 13.4. The van der Waals surface area contributed by atoms with Crippen LogP contribution in [0.4, 0.5) is 0 Å². The molecule has 2 unspecified atom stereocenters. The summed E-state index contributed by atoms with van der Waals surface area (Å²) < 4.78 is 1.91. The van der Waals surface area contributed by atoms with Gasteiger partial charge >= 0.3 is 5.97 Å². The molecule has 1 aliphatic rings. The van der Waals surface area contributed by atoms with E-state index in [0.29, 0.717) is 0 Å². The molecule has 5 nitrogen and oxygen atoms in total. The van der Waals surface area contributed by atoms with Crippen LogP contribution >= 0.6 is 11.8 Å². The van der Waals surface area contributed by atoms with Gasteiger partial charge in [-0.3, -0.25) is 14.4 Å². The van der Waals surface area contributed by atoms with E-state index in [0.717, 1.165) is 23.7 Å². The Morgan fingerprint density at radius 3 is 2.80 bits per heavy atom. The van der Waals surface area contributed by atoms with Crippen LogP contribution in [0.25, 0.3) is 0 Å². The average Bonchev–Trinajstić information content (AvgIpc) is 2.62. The molecule has 0 aliphatic carbocycles. The van der Waals surface area contributed by atoms with Crippen molar-refractivity contribution in [3.63, 3.8) is 0 Å². The van der Waals surface area contributed by atoms with E-state index >= 15 is 0 Å². The van der Waals surface area contributed by atoms with Crippen LogP contribution in [0.5, 0.6) is 0 Å². The second-order valence-electron chi connectivity index (χ2n) is 5.45. The molecule has 0 amide bonds. The maximum atomic E-state index is 11.1. The molecule has 0 aromatic carbocycles. The van der Waals surface area contributed by atoms with Gasteiger partial charge in [0.25, 0.3) is 0 Å². The Hall–Kier alpha value is -1.01. The lowest BCUT2D eigenvalue weighted by molar-refractivity contribution is -0.138. The maximum absolute atomic E-state index is 11.1. The highest BCUT2D eigenvalue weighted by atomic mass is 32.2. The Morgan fingerprint density at radius 2 is 2.25 bits per heavy atom. The molecule has 0 spiro atoms. The topological polar surface area (TPSA) is 58.4 Å². The van der Waals surface area contributed by atoms with Crippen molar-refractivity contribution in [1.82, 2.24) is 14.7 Å². The minimum Gasteiger partial charge on any atom is -0.481 e. The zero-order chi connectivity index (χ0) is 14.9. The molecule has 2 atom stereocenters. The monoisotopic (exact) mass is 297 g/mol. The molecule has 2 heterocycles. The number of carboxylic acids is 1. The third kappa shape index (κ3) is 3.01. The summed E-state index contributed by atoms with van der Waals surface area (Å²) in [7, 11) is 1.96. The largest absolute Gasteiger partial charge is 0.481 e. The average molecular weight is 297 g/mol. The summed E-state index contributed by atoms with van der Waals surface area (Å²) in [5.41, 5.74) is 3.46. The van der Waals surface area contributed by atoms with E-state index in [1.807, 2.05) is 30.4 Å². The molecule has 1 aromatic heterocycles. The van der Waals surface area contributed by atoms with Gasteiger partial charge in [-0.15, -0.1) is 0 Å². The summed E-state index contributed by atoms with van der Waals surface area (Å²) in [6.45, 7) is 7.22. The molecule has 112 valence electrons. The second-order valence-corrected chi connectivity index (χ2v) is 6.60. The first-order valence-electron chi connectivity index (χ1n) is 6.97. The number of nitrogens with zero attached hydrogens (tertiary/aromatic N) is 3. The molecule has 6 heteroatoms. The van der Waals surface area contributed by atoms with Crippen LogP contribution in [0.2, 0.25) is 0 Å². The van der Waals surface area contributed by atoms with Gasteiger partial charge in [0, 0.05) is 48.4 Å². The fourth-order valence-electron chi connectivity index (χ4n) is 3.12. The molecular weight excluding hydrogens is 274 g/mol. The van der Waals surface area contributed by atoms with Crippen LogP contribution in [0.1, 0.15) is 36.3 Å². The first-order chi connectivity index (χ1) is 9.41. The number of hydrogen-bond donors (Lipinski definition) is 1. The number of thioether (sulfide) groups is 1. The van der Waals surface area contributed by atoms with Crippen LogP contribution in [-0.2, 0) is 11.8 Å². The lowest BCUT2D eigenvalue weighted by atomic mass is 10.0. The zero-order valence-corrected chi connectivity index (χ0v) is 13.4. The minimum absolute atomic E-state index is 0.111. The SMILES string of the molecule is Cc1nn(C)c(C)c1C(C)N1CCSCC1CC(=O)O. The predicted molar refractivity (Wildman–Crippen MR) is 81.2 cm³/mol. The van der Waals surface area contributed by atoms with Gasteiger partial charge in [0.15, 0.2) is 0 Å². The molecule has 1 fully saturated rings. The van der Waals surface area contributed by atoms with Crippen molar-refractivity contribution in [3.8, 4) is 0 Å². The first kappa shape index (κ1) is 15.4. The molecular formula is C14H23N3O2S. The van der Waals surface area contributed by atoms with Crippen molar-refractivity contribution in [2.24, 2.45) is 7.05 Å². The van der Waals surface area contributed by atoms with Crippen molar-refractivity contribution in [3.05, 3.63) is 17.0 Å². The van der Waals surface area contributed by atoms with E-state index in [1.54, 1.807) is 0 Å². The van der Waals surface area contributed by atoms with Crippen LogP contribution < -0.4 is 0 Å². The molecule has 0 bridgehead atoms. The van der Waals surface area contributed by atoms with Gasteiger partial charge in [-0.05, 0) is 20.8 Å². The number of hydrogen-bond acceptors (Lipinski definition) is 4. The molecule has 0 radical (unpaired) electrons. The van der Waals surface area contributed by atoms with E-state index < -0.39 is 5.97 Å². The van der Waals surface area contributed by atoms with Gasteiger partial charge in [0.05, 0.1) is 12.1 Å². The van der Waals surface area contributed by atoms with E-state index in [9.17, 15) is 4.79 Å². The molecule has 1 aromatic rings. The predicted octanol–water partition coefficient (Wildman–Crippen LogP) is 1.99. The normalized spacial score (nSPS) is 21.9. The molecule has 1 N–H and O–H groups in total. The highest BCUT2D eigenvalue weighted by Gasteiger charge is 2.31. The fraction of sp³-hybridized carbons (Fsp3) is 0.714. The zero-order valence-electron chi connectivity index (χ0n) is 12.6. The van der Waals surface area contributed by atoms with Crippen molar-refractivity contribution in [2.75, 3.05) is 18.1 Å². The van der Waals surface area contributed by atoms with Gasteiger partial charge in [-0.2, -0.15) is 16.9 Å². The van der Waals surface area contributed by atoms with E-state index in [-0.39, 0.29) is 18.5 Å². The Bertz CT molecular complexity index is 501. The van der Waals surface area contributed by atoms with Gasteiger partial charge in [0.2, 0.25) is 0 Å². The van der Waals surface area contributed by atoms with Gasteiger partial charge in [-0.25, -0.2) is 0 Å². The van der Waals surface area contributed by atoms with Gasteiger partial charge in [0.1, 0.15) is 0 Å². The van der Waals surface area contributed by atoms with Crippen LogP contribution in [0.15, 0.2) is 0 Å². The van der Waals surface area contributed by atoms with Crippen molar-refractivity contribution in [2.45, 2.75) is 39.3 Å². The van der Waals surface area contributed by atoms with Gasteiger partial charge in [-0.1, -0.05) is 0 Å². The molecule has 1 saturated heterocycles. The number of aromatic nitrogens is 2. The smallest absolute Gasteiger partial charge is 0.304 e. The Labute approximate surface area is 124 Å². The summed E-state index contributed by atoms with van der Waals surface area (Å²) in [6.07, 6.45) is 0.218. The first-order valence-corrected chi connectivity index (χ1v) is 8.12. The molecule has 2 rings (SSSR count). The number of carbonyl (C=O) groups is 1. The standard InChI is InChI=1S/C14H23N3O2S/c1-9-14(10(2)16(4)15-9)11(3)17-5-6-20-8-12(17)7-13(18)19/h11-12H,5-8H2,1-4H3,(H,18,19). The summed E-state index contributed by atoms with van der Waals surface area (Å²) in [5.74, 6) is 1.25. The summed E-state index contributed by atoms with van der Waals surface area (Å²) in [5, 5.41) is 13.6. The molecule has 20 heavy (non-hydrogen) atoms. The molecule has 0 saturated carbocycles. The lowest BCUT2D eigenvalue weighted by Gasteiger charge is -2.39. The lowest BCUT2D eigenvalue weighted by Crippen LogP contribution is -2.45. The van der Waals surface area contributed by atoms with E-state index in [1.165, 1.54) is 11.3 Å². The number of rotatable bonds is 4. The Morgan fingerprint density at radius 1 is 1.55 bits per heavy atom. The number of aliphatic carboxylic acids is 1. The third-order valence-electron chi connectivity index (χ3n) is 4.16. The Balaban J connectivity index is 2.25. The minimum atomic E-state index is -0.714. The number of carboxylic acid groups (broad SMARTS) is 1. The Kier molecular flexibility index (Phi) is 4.75. The summed E-state index contributed by atoms with van der Waals surface area (Å²) >= 11 is 1.85. The second kappa shape index (κ2) is 6.18. The van der Waals surface area contributed by atoms with Crippen LogP contribution in [0, 0.1) is 13.8 Å². The van der Waals surface area contributed by atoms with Crippen LogP contribution in [-0.4, -0.2) is 49.8 Å². The fourth-order valence-corrected chi connectivity index (χ4v) is 4.20. The van der Waals surface area contributed by atoms with E-state index in [2.05, 4.69) is 23.8 Å². The van der Waals surface area contributed by atoms with Crippen molar-refractivity contribution < 1.29 is 9.90 Å². The van der Waals surface area contributed by atoms with E-state index in [4.69, 9.17) is 5.11 Å². The van der Waals surface area contributed by atoms with Crippen molar-refractivity contribution in [1.29, 1.82) is 0 Å². The number of aryl methyl sites for hydroxylation is 2. The highest BCUT2D eigenvalue weighted by Crippen LogP contribution is 2.32. The quantitative estimate of drug-likeness (QED) is 0.921.